The second-order valence-corrected chi connectivity index (χ2v) is 8.99. The molecule has 5 rings (SSSR count). The van der Waals surface area contributed by atoms with Gasteiger partial charge in [0.1, 0.15) is 11.9 Å². The lowest BCUT2D eigenvalue weighted by Gasteiger charge is -2.23. The molecule has 29 heavy (non-hydrogen) atoms. The van der Waals surface area contributed by atoms with Crippen LogP contribution in [0.15, 0.2) is 21.2 Å². The van der Waals surface area contributed by atoms with Gasteiger partial charge in [0.05, 0.1) is 16.6 Å². The molecule has 2 saturated heterocycles. The number of pyridine rings is 1. The van der Waals surface area contributed by atoms with E-state index in [2.05, 4.69) is 31.5 Å². The average Bonchev–Trinajstić information content (AvgIpc) is 3.47. The fraction of sp³-hybridized carbons (Fsp3) is 0.571. The molecule has 1 saturated carbocycles. The summed E-state index contributed by atoms with van der Waals surface area (Å²) in [4.78, 5) is 15.2. The number of nitrogens with zero attached hydrogens (tertiary/aromatic N) is 2. The molecule has 2 aliphatic heterocycles. The van der Waals surface area contributed by atoms with Crippen molar-refractivity contribution in [1.29, 1.82) is 5.26 Å². The lowest BCUT2D eigenvalue weighted by atomic mass is 9.89. The van der Waals surface area contributed by atoms with Crippen molar-refractivity contribution in [2.45, 2.75) is 69.5 Å². The highest BCUT2D eigenvalue weighted by molar-refractivity contribution is 9.10. The maximum atomic E-state index is 10.8. The van der Waals surface area contributed by atoms with Crippen LogP contribution < -0.4 is 16.4 Å². The number of nitriles is 1. The van der Waals surface area contributed by atoms with Crippen molar-refractivity contribution in [3.63, 3.8) is 0 Å². The van der Waals surface area contributed by atoms with Crippen LogP contribution in [0.1, 0.15) is 57.1 Å². The number of rotatable bonds is 3. The molecule has 4 heterocycles. The third-order valence-corrected chi connectivity index (χ3v) is 7.04. The van der Waals surface area contributed by atoms with Crippen LogP contribution in [0.5, 0.6) is 0 Å². The first kappa shape index (κ1) is 20.2. The van der Waals surface area contributed by atoms with Gasteiger partial charge >= 0.3 is 0 Å². The summed E-state index contributed by atoms with van der Waals surface area (Å²) in [7, 11) is 0. The molecule has 3 atom stereocenters. The molecule has 1 aliphatic carbocycles. The number of hydrogen-bond donors (Lipinski definition) is 3. The first-order valence-electron chi connectivity index (χ1n) is 10.3. The zero-order valence-corrected chi connectivity index (χ0v) is 17.9. The number of carbonyl (C=O) groups is 1. The van der Waals surface area contributed by atoms with E-state index in [9.17, 15) is 4.79 Å². The first-order chi connectivity index (χ1) is 14.0. The number of aromatic nitrogens is 1. The minimum atomic E-state index is -0.125. The van der Waals surface area contributed by atoms with Gasteiger partial charge in [0.25, 0.3) is 0 Å². The second-order valence-electron chi connectivity index (χ2n) is 8.19. The molecule has 4 N–H and O–H groups in total. The number of amides is 1. The Labute approximate surface area is 178 Å². The van der Waals surface area contributed by atoms with E-state index in [1.54, 1.807) is 12.3 Å². The Morgan fingerprint density at radius 3 is 2.69 bits per heavy atom. The normalized spacial score (nSPS) is 26.0. The summed E-state index contributed by atoms with van der Waals surface area (Å²) in [6.45, 7) is 0. The highest BCUT2D eigenvalue weighted by Gasteiger charge is 2.41. The summed E-state index contributed by atoms with van der Waals surface area (Å²) in [6, 6.07) is 5.24. The van der Waals surface area contributed by atoms with Crippen LogP contribution in [0, 0.1) is 17.2 Å². The van der Waals surface area contributed by atoms with Crippen molar-refractivity contribution in [3.8, 4) is 6.07 Å². The Hall–Kier alpha value is -2.11. The van der Waals surface area contributed by atoms with E-state index >= 15 is 0 Å². The van der Waals surface area contributed by atoms with E-state index in [1.807, 2.05) is 6.07 Å². The molecule has 154 valence electrons. The molecule has 0 aromatic carbocycles. The molecule has 0 spiro atoms. The van der Waals surface area contributed by atoms with Crippen molar-refractivity contribution in [2.75, 3.05) is 5.32 Å². The topological polar surface area (TPSA) is 117 Å². The van der Waals surface area contributed by atoms with Crippen molar-refractivity contribution >= 4 is 38.6 Å². The van der Waals surface area contributed by atoms with E-state index in [0.29, 0.717) is 29.5 Å². The second kappa shape index (κ2) is 8.72. The Kier molecular flexibility index (Phi) is 6.07. The lowest BCUT2D eigenvalue weighted by molar-refractivity contribution is -0.122. The summed E-state index contributed by atoms with van der Waals surface area (Å²) in [6.07, 6.45) is 11.3. The summed E-state index contributed by atoms with van der Waals surface area (Å²) < 4.78 is 6.24. The van der Waals surface area contributed by atoms with Gasteiger partial charge in [-0.15, -0.1) is 0 Å². The van der Waals surface area contributed by atoms with Crippen LogP contribution in [0.25, 0.3) is 11.0 Å². The molecule has 0 radical (unpaired) electrons. The predicted molar refractivity (Wildman–Crippen MR) is 114 cm³/mol. The molecule has 3 unspecified atom stereocenters. The Balaban J connectivity index is 0.000000171. The molecule has 1 amide bonds. The molecule has 8 heteroatoms. The minimum absolute atomic E-state index is 0.124. The van der Waals surface area contributed by atoms with Crippen LogP contribution in [0.3, 0.4) is 0 Å². The highest BCUT2D eigenvalue weighted by atomic mass is 79.9. The molecule has 7 nitrogen and oxygen atoms in total. The molecular formula is C21H26BrN5O2. The lowest BCUT2D eigenvalue weighted by Crippen LogP contribution is -2.33. The maximum Gasteiger partial charge on any atom is 0.222 e. The SMILES string of the molecule is N#Cc1cc2c(Br)c(NC3CCCCC3)ncc2o1.NC(=O)C1CC2CCC1N2. The summed E-state index contributed by atoms with van der Waals surface area (Å²) in [5, 5.41) is 16.6. The van der Waals surface area contributed by atoms with Gasteiger partial charge in [-0.1, -0.05) is 19.3 Å². The van der Waals surface area contributed by atoms with E-state index in [4.69, 9.17) is 15.4 Å². The standard InChI is InChI=1S/C14H14BrN3O.C7H12N2O/c15-13-11-6-10(7-16)19-12(11)8-17-14(13)18-9-4-2-1-3-5-9;8-7(10)5-3-4-1-2-6(5)9-4/h6,8-9H,1-5H2,(H,17,18);4-6,9H,1-3H2,(H2,8,10). The predicted octanol–water partition coefficient (Wildman–Crippen LogP) is 3.82. The number of nitrogens with one attached hydrogen (secondary N) is 2. The van der Waals surface area contributed by atoms with Crippen molar-refractivity contribution in [2.24, 2.45) is 11.7 Å². The Morgan fingerprint density at radius 1 is 1.31 bits per heavy atom. The number of nitrogens with two attached hydrogens (primary N) is 1. The van der Waals surface area contributed by atoms with Crippen LogP contribution in [-0.2, 0) is 4.79 Å². The number of carbonyl (C=O) groups excluding carboxylic acids is 1. The molecule has 2 aromatic rings. The Morgan fingerprint density at radius 2 is 2.10 bits per heavy atom. The number of hydrogen-bond acceptors (Lipinski definition) is 6. The third-order valence-electron chi connectivity index (χ3n) is 6.24. The number of halogens is 1. The molecule has 3 fully saturated rings. The highest BCUT2D eigenvalue weighted by Crippen LogP contribution is 2.34. The monoisotopic (exact) mass is 459 g/mol. The van der Waals surface area contributed by atoms with E-state index in [0.717, 1.165) is 28.5 Å². The smallest absolute Gasteiger partial charge is 0.222 e. The van der Waals surface area contributed by atoms with Gasteiger partial charge in [0.2, 0.25) is 11.7 Å². The number of primary amides is 1. The number of furan rings is 1. The zero-order valence-electron chi connectivity index (χ0n) is 16.3. The maximum absolute atomic E-state index is 10.8. The van der Waals surface area contributed by atoms with Gasteiger partial charge < -0.3 is 20.8 Å². The zero-order chi connectivity index (χ0) is 20.4. The molecular weight excluding hydrogens is 434 g/mol. The summed E-state index contributed by atoms with van der Waals surface area (Å²) in [5.74, 6) is 1.15. The van der Waals surface area contributed by atoms with Gasteiger partial charge in [-0.05, 0) is 48.0 Å². The van der Waals surface area contributed by atoms with E-state index in [-0.39, 0.29) is 11.8 Å². The van der Waals surface area contributed by atoms with Crippen LogP contribution in [-0.4, -0.2) is 29.0 Å². The van der Waals surface area contributed by atoms with E-state index < -0.39 is 0 Å². The van der Waals surface area contributed by atoms with Crippen LogP contribution >= 0.6 is 15.9 Å². The summed E-state index contributed by atoms with van der Waals surface area (Å²) in [5.41, 5.74) is 5.84. The third kappa shape index (κ3) is 4.41. The van der Waals surface area contributed by atoms with Gasteiger partial charge in [0, 0.05) is 29.6 Å². The van der Waals surface area contributed by atoms with E-state index in [1.165, 1.54) is 38.5 Å². The minimum Gasteiger partial charge on any atom is -0.444 e. The quantitative estimate of drug-likeness (QED) is 0.641. The molecule has 2 aromatic heterocycles. The van der Waals surface area contributed by atoms with Crippen molar-refractivity contribution < 1.29 is 9.21 Å². The fourth-order valence-corrected chi connectivity index (χ4v) is 5.24. The summed E-state index contributed by atoms with van der Waals surface area (Å²) >= 11 is 3.56. The number of fused-ring (bicyclic) bond motifs is 3. The largest absolute Gasteiger partial charge is 0.444 e. The Bertz CT molecular complexity index is 931. The van der Waals surface area contributed by atoms with Gasteiger partial charge in [0.15, 0.2) is 5.58 Å². The van der Waals surface area contributed by atoms with Gasteiger partial charge in [-0.2, -0.15) is 5.26 Å². The molecule has 3 aliphatic rings. The number of anilines is 1. The van der Waals surface area contributed by atoms with Crippen LogP contribution in [0.4, 0.5) is 5.82 Å². The molecule has 2 bridgehead atoms. The first-order valence-corrected chi connectivity index (χ1v) is 11.1. The van der Waals surface area contributed by atoms with Crippen molar-refractivity contribution in [1.82, 2.24) is 10.3 Å². The van der Waals surface area contributed by atoms with Crippen molar-refractivity contribution in [3.05, 3.63) is 22.5 Å². The van der Waals surface area contributed by atoms with Crippen LogP contribution in [0.2, 0.25) is 0 Å². The van der Waals surface area contributed by atoms with Gasteiger partial charge in [-0.25, -0.2) is 4.98 Å². The van der Waals surface area contributed by atoms with Gasteiger partial charge in [-0.3, -0.25) is 4.79 Å². The average molecular weight is 460 g/mol. The fourth-order valence-electron chi connectivity index (χ4n) is 4.71.